The molecule has 1 heterocycles. The molecule has 19 heavy (non-hydrogen) atoms. The standard InChI is InChI=1S/C15H17NO2S/c1-2-19-10-12(15(17)18)9-11-7-8-16-14-6-4-3-5-13(11)14/h3-8,12H,2,9-10H2,1H3,(H,17,18). The summed E-state index contributed by atoms with van der Waals surface area (Å²) < 4.78 is 0. The zero-order chi connectivity index (χ0) is 13.7. The molecule has 0 bridgehead atoms. The molecule has 2 rings (SSSR count). The molecule has 1 N–H and O–H groups in total. The maximum absolute atomic E-state index is 11.3. The number of rotatable bonds is 6. The van der Waals surface area contributed by atoms with Gasteiger partial charge in [-0.3, -0.25) is 9.78 Å². The Balaban J connectivity index is 2.26. The lowest BCUT2D eigenvalue weighted by Gasteiger charge is -2.13. The Morgan fingerprint density at radius 1 is 1.37 bits per heavy atom. The van der Waals surface area contributed by atoms with E-state index in [0.29, 0.717) is 12.2 Å². The van der Waals surface area contributed by atoms with Crippen LogP contribution in [0.5, 0.6) is 0 Å². The van der Waals surface area contributed by atoms with Gasteiger partial charge in [0.15, 0.2) is 0 Å². The predicted molar refractivity (Wildman–Crippen MR) is 79.6 cm³/mol. The Hall–Kier alpha value is -1.55. The first kappa shape index (κ1) is 13.9. The van der Waals surface area contributed by atoms with Crippen LogP contribution in [-0.4, -0.2) is 27.6 Å². The Morgan fingerprint density at radius 3 is 2.89 bits per heavy atom. The van der Waals surface area contributed by atoms with Crippen molar-refractivity contribution in [3.8, 4) is 0 Å². The fourth-order valence-electron chi connectivity index (χ4n) is 2.08. The smallest absolute Gasteiger partial charge is 0.307 e. The lowest BCUT2D eigenvalue weighted by Crippen LogP contribution is -2.19. The number of carboxylic acids is 1. The van der Waals surface area contributed by atoms with Crippen LogP contribution in [0.1, 0.15) is 12.5 Å². The summed E-state index contributed by atoms with van der Waals surface area (Å²) in [7, 11) is 0. The Kier molecular flexibility index (Phi) is 4.80. The predicted octanol–water partition coefficient (Wildman–Crippen LogP) is 3.23. The number of hydrogen-bond acceptors (Lipinski definition) is 3. The molecule has 3 nitrogen and oxygen atoms in total. The number of carboxylic acid groups (broad SMARTS) is 1. The van der Waals surface area contributed by atoms with Crippen LogP contribution >= 0.6 is 11.8 Å². The molecule has 100 valence electrons. The number of pyridine rings is 1. The highest BCUT2D eigenvalue weighted by atomic mass is 32.2. The molecular weight excluding hydrogens is 258 g/mol. The van der Waals surface area contributed by atoms with Crippen molar-refractivity contribution in [2.75, 3.05) is 11.5 Å². The third kappa shape index (κ3) is 3.47. The van der Waals surface area contributed by atoms with Crippen LogP contribution in [0, 0.1) is 5.92 Å². The van der Waals surface area contributed by atoms with E-state index in [0.717, 1.165) is 22.2 Å². The van der Waals surface area contributed by atoms with Gasteiger partial charge in [0.2, 0.25) is 0 Å². The van der Waals surface area contributed by atoms with Crippen molar-refractivity contribution in [1.82, 2.24) is 4.98 Å². The first-order valence-electron chi connectivity index (χ1n) is 6.35. The lowest BCUT2D eigenvalue weighted by atomic mass is 9.98. The first-order valence-corrected chi connectivity index (χ1v) is 7.51. The van der Waals surface area contributed by atoms with Gasteiger partial charge in [0.1, 0.15) is 0 Å². The van der Waals surface area contributed by atoms with E-state index in [2.05, 4.69) is 4.98 Å². The highest BCUT2D eigenvalue weighted by Crippen LogP contribution is 2.21. The number of nitrogens with zero attached hydrogens (tertiary/aromatic N) is 1. The third-order valence-corrected chi connectivity index (χ3v) is 4.12. The maximum atomic E-state index is 11.3. The van der Waals surface area contributed by atoms with E-state index in [-0.39, 0.29) is 5.92 Å². The van der Waals surface area contributed by atoms with Gasteiger partial charge >= 0.3 is 5.97 Å². The topological polar surface area (TPSA) is 50.2 Å². The third-order valence-electron chi connectivity index (χ3n) is 3.08. The summed E-state index contributed by atoms with van der Waals surface area (Å²) in [6.07, 6.45) is 2.31. The highest BCUT2D eigenvalue weighted by molar-refractivity contribution is 7.99. The minimum atomic E-state index is -0.721. The molecule has 0 aliphatic rings. The van der Waals surface area contributed by atoms with Crippen molar-refractivity contribution < 1.29 is 9.90 Å². The van der Waals surface area contributed by atoms with Gasteiger partial charge in [-0.2, -0.15) is 11.8 Å². The number of benzene rings is 1. The molecule has 0 aliphatic heterocycles. The second-order valence-electron chi connectivity index (χ2n) is 4.39. The van der Waals surface area contributed by atoms with Gasteiger partial charge < -0.3 is 5.11 Å². The van der Waals surface area contributed by atoms with Gasteiger partial charge in [0, 0.05) is 17.3 Å². The number of aliphatic carboxylic acids is 1. The lowest BCUT2D eigenvalue weighted by molar-refractivity contribution is -0.140. The minimum Gasteiger partial charge on any atom is -0.481 e. The number of aromatic nitrogens is 1. The summed E-state index contributed by atoms with van der Waals surface area (Å²) >= 11 is 1.67. The molecule has 0 fully saturated rings. The Morgan fingerprint density at radius 2 is 2.16 bits per heavy atom. The van der Waals surface area contributed by atoms with Crippen LogP contribution in [0.3, 0.4) is 0 Å². The van der Waals surface area contributed by atoms with Gasteiger partial charge in [-0.25, -0.2) is 0 Å². The van der Waals surface area contributed by atoms with Crippen LogP contribution in [-0.2, 0) is 11.2 Å². The molecule has 2 aromatic rings. The van der Waals surface area contributed by atoms with E-state index < -0.39 is 5.97 Å². The normalized spacial score (nSPS) is 12.5. The zero-order valence-corrected chi connectivity index (χ0v) is 11.7. The Bertz CT molecular complexity index is 566. The zero-order valence-electron chi connectivity index (χ0n) is 10.9. The van der Waals surface area contributed by atoms with Gasteiger partial charge in [0.05, 0.1) is 11.4 Å². The molecule has 1 aromatic carbocycles. The van der Waals surface area contributed by atoms with E-state index >= 15 is 0 Å². The number of para-hydroxylation sites is 1. The maximum Gasteiger partial charge on any atom is 0.307 e. The van der Waals surface area contributed by atoms with Gasteiger partial charge in [-0.1, -0.05) is 25.1 Å². The number of hydrogen-bond donors (Lipinski definition) is 1. The van der Waals surface area contributed by atoms with E-state index in [4.69, 9.17) is 0 Å². The van der Waals surface area contributed by atoms with Crippen molar-refractivity contribution in [3.63, 3.8) is 0 Å². The van der Waals surface area contributed by atoms with E-state index in [1.54, 1.807) is 18.0 Å². The number of carbonyl (C=O) groups is 1. The molecule has 1 aromatic heterocycles. The second-order valence-corrected chi connectivity index (χ2v) is 5.70. The van der Waals surface area contributed by atoms with Crippen molar-refractivity contribution in [2.45, 2.75) is 13.3 Å². The van der Waals surface area contributed by atoms with Crippen LogP contribution < -0.4 is 0 Å². The minimum absolute atomic E-state index is 0.337. The molecule has 0 saturated carbocycles. The molecule has 0 saturated heterocycles. The molecule has 0 spiro atoms. The monoisotopic (exact) mass is 275 g/mol. The largest absolute Gasteiger partial charge is 0.481 e. The molecule has 0 radical (unpaired) electrons. The quantitative estimate of drug-likeness (QED) is 0.879. The van der Waals surface area contributed by atoms with Crippen molar-refractivity contribution in [2.24, 2.45) is 5.92 Å². The van der Waals surface area contributed by atoms with E-state index in [1.165, 1.54) is 0 Å². The fourth-order valence-corrected chi connectivity index (χ4v) is 2.86. The van der Waals surface area contributed by atoms with Crippen molar-refractivity contribution in [3.05, 3.63) is 42.1 Å². The summed E-state index contributed by atoms with van der Waals surface area (Å²) in [5, 5.41) is 10.4. The molecular formula is C15H17NO2S. The molecule has 4 heteroatoms. The van der Waals surface area contributed by atoms with E-state index in [9.17, 15) is 9.90 Å². The van der Waals surface area contributed by atoms with Crippen LogP contribution in [0.25, 0.3) is 10.9 Å². The van der Waals surface area contributed by atoms with Crippen LogP contribution in [0.2, 0.25) is 0 Å². The van der Waals surface area contributed by atoms with E-state index in [1.807, 2.05) is 37.3 Å². The SMILES string of the molecule is CCSCC(Cc1ccnc2ccccc12)C(=O)O. The van der Waals surface area contributed by atoms with Crippen LogP contribution in [0.15, 0.2) is 36.5 Å². The summed E-state index contributed by atoms with van der Waals surface area (Å²) in [5.41, 5.74) is 1.99. The Labute approximate surface area is 117 Å². The summed E-state index contributed by atoms with van der Waals surface area (Å²) in [5.74, 6) is 0.543. The summed E-state index contributed by atoms with van der Waals surface area (Å²) in [6.45, 7) is 2.05. The summed E-state index contributed by atoms with van der Waals surface area (Å²) in [4.78, 5) is 15.6. The molecule has 0 aliphatic carbocycles. The average molecular weight is 275 g/mol. The highest BCUT2D eigenvalue weighted by Gasteiger charge is 2.18. The molecule has 1 atom stereocenters. The van der Waals surface area contributed by atoms with Crippen LogP contribution in [0.4, 0.5) is 0 Å². The molecule has 0 amide bonds. The van der Waals surface area contributed by atoms with Gasteiger partial charge in [-0.05, 0) is 29.9 Å². The van der Waals surface area contributed by atoms with Crippen molar-refractivity contribution >= 4 is 28.6 Å². The number of thioether (sulfide) groups is 1. The number of fused-ring (bicyclic) bond motifs is 1. The first-order chi connectivity index (χ1) is 9.22. The summed E-state index contributed by atoms with van der Waals surface area (Å²) in [6, 6.07) is 9.79. The van der Waals surface area contributed by atoms with Gasteiger partial charge in [0.25, 0.3) is 0 Å². The fraction of sp³-hybridized carbons (Fsp3) is 0.333. The second kappa shape index (κ2) is 6.57. The average Bonchev–Trinajstić information content (AvgIpc) is 2.43. The molecule has 1 unspecified atom stereocenters. The van der Waals surface area contributed by atoms with Gasteiger partial charge in [-0.15, -0.1) is 0 Å². The van der Waals surface area contributed by atoms with Crippen molar-refractivity contribution in [1.29, 1.82) is 0 Å².